The van der Waals surface area contributed by atoms with Crippen LogP contribution >= 0.6 is 0 Å². The highest BCUT2D eigenvalue weighted by atomic mass is 19.1. The Morgan fingerprint density at radius 3 is 2.10 bits per heavy atom. The lowest BCUT2D eigenvalue weighted by molar-refractivity contribution is -0.0987. The molecule has 0 amide bonds. The number of nitrogen functional groups attached to an aromatic ring is 1. The monoisotopic (exact) mass is 580 g/mol. The largest absolute Gasteiger partial charge is 0.414 e. The van der Waals surface area contributed by atoms with E-state index in [0.29, 0.717) is 12.2 Å². The highest BCUT2D eigenvalue weighted by molar-refractivity contribution is 5.69. The number of aromatic nitrogens is 4. The molecule has 4 rings (SSSR count). The maximum atomic E-state index is 14.7. The van der Waals surface area contributed by atoms with E-state index >= 15 is 0 Å². The minimum Gasteiger partial charge on any atom is -0.414 e. The number of hydrogen-bond donors (Lipinski definition) is 3. The van der Waals surface area contributed by atoms with Crippen molar-refractivity contribution in [3.05, 3.63) is 65.6 Å². The van der Waals surface area contributed by atoms with Gasteiger partial charge < -0.3 is 30.2 Å². The van der Waals surface area contributed by atoms with Gasteiger partial charge in [-0.15, -0.1) is 10.2 Å². The topological polar surface area (TPSA) is 157 Å². The molecular weight excluding hydrogens is 539 g/mol. The summed E-state index contributed by atoms with van der Waals surface area (Å²) in [5.41, 5.74) is 9.73. The lowest BCUT2D eigenvalue weighted by Gasteiger charge is -2.10. The first-order valence-corrected chi connectivity index (χ1v) is 13.3. The van der Waals surface area contributed by atoms with Crippen molar-refractivity contribution in [2.24, 2.45) is 11.8 Å². The molecule has 0 saturated heterocycles. The minimum absolute atomic E-state index is 0.00245. The summed E-state index contributed by atoms with van der Waals surface area (Å²) >= 11 is 0. The summed E-state index contributed by atoms with van der Waals surface area (Å²) in [4.78, 5) is 24.7. The predicted octanol–water partition coefficient (Wildman–Crippen LogP) is 5.29. The molecule has 0 saturated carbocycles. The van der Waals surface area contributed by atoms with Crippen molar-refractivity contribution in [1.82, 2.24) is 25.5 Å². The first kappa shape index (κ1) is 35.7. The summed E-state index contributed by atoms with van der Waals surface area (Å²) in [6, 6.07) is 12.5. The van der Waals surface area contributed by atoms with Gasteiger partial charge in [-0.2, -0.15) is 0 Å². The Kier molecular flexibility index (Phi) is 15.4. The van der Waals surface area contributed by atoms with Crippen molar-refractivity contribution < 1.29 is 23.5 Å². The molecule has 0 aliphatic carbocycles. The Hall–Kier alpha value is -4.35. The van der Waals surface area contributed by atoms with Gasteiger partial charge in [0.25, 0.3) is 11.8 Å². The van der Waals surface area contributed by atoms with Crippen LogP contribution in [-0.4, -0.2) is 51.5 Å². The average molecular weight is 581 g/mol. The molecule has 2 aromatic heterocycles. The molecule has 0 radical (unpaired) electrons. The molecule has 4 aromatic rings. The molecule has 42 heavy (non-hydrogen) atoms. The van der Waals surface area contributed by atoms with E-state index in [4.69, 9.17) is 24.8 Å². The van der Waals surface area contributed by atoms with Crippen LogP contribution in [0.4, 0.5) is 10.2 Å². The van der Waals surface area contributed by atoms with Gasteiger partial charge in [0.15, 0.2) is 11.5 Å². The van der Waals surface area contributed by atoms with Crippen molar-refractivity contribution >= 4 is 19.4 Å². The second kappa shape index (κ2) is 18.2. The Morgan fingerprint density at radius 2 is 1.55 bits per heavy atom. The number of halogens is 1. The lowest BCUT2D eigenvalue weighted by Crippen LogP contribution is -2.28. The third kappa shape index (κ3) is 10.6. The maximum Gasteiger partial charge on any atom is 0.270 e. The van der Waals surface area contributed by atoms with E-state index in [0.717, 1.165) is 28.5 Å². The molecule has 0 spiro atoms. The number of aryl methyl sites for hydroxylation is 1. The van der Waals surface area contributed by atoms with Crippen LogP contribution in [0, 0.1) is 24.6 Å². The molecular formula is C31H41FN6O4. The molecule has 0 fully saturated rings. The minimum atomic E-state index is -0.497. The first-order chi connectivity index (χ1) is 20.1. The van der Waals surface area contributed by atoms with Gasteiger partial charge in [0.05, 0.1) is 24.1 Å². The Labute approximate surface area is 246 Å². The first-order valence-electron chi connectivity index (χ1n) is 13.3. The molecule has 0 aliphatic heterocycles. The van der Waals surface area contributed by atoms with E-state index in [2.05, 4.69) is 53.2 Å². The zero-order valence-corrected chi connectivity index (χ0v) is 25.1. The van der Waals surface area contributed by atoms with Gasteiger partial charge in [-0.25, -0.2) is 14.4 Å². The number of carbonyl (C=O) groups is 2. The zero-order valence-electron chi connectivity index (χ0n) is 25.1. The second-order valence-electron chi connectivity index (χ2n) is 10.0. The molecule has 11 heteroatoms. The summed E-state index contributed by atoms with van der Waals surface area (Å²) in [6.07, 6.45) is 1.57. The van der Waals surface area contributed by atoms with Gasteiger partial charge >= 0.3 is 0 Å². The van der Waals surface area contributed by atoms with E-state index in [1.165, 1.54) is 6.07 Å². The van der Waals surface area contributed by atoms with Crippen molar-refractivity contribution in [2.45, 2.75) is 54.1 Å². The van der Waals surface area contributed by atoms with Gasteiger partial charge in [-0.3, -0.25) is 0 Å². The fourth-order valence-corrected chi connectivity index (χ4v) is 3.05. The Balaban J connectivity index is 0.000000775. The number of anilines is 1. The fourth-order valence-electron chi connectivity index (χ4n) is 3.05. The van der Waals surface area contributed by atoms with Crippen LogP contribution in [0.2, 0.25) is 0 Å². The summed E-state index contributed by atoms with van der Waals surface area (Å²) in [5, 5.41) is 20.1. The molecule has 2 aromatic carbocycles. The summed E-state index contributed by atoms with van der Waals surface area (Å²) < 4.78 is 20.4. The van der Waals surface area contributed by atoms with Crippen LogP contribution in [0.15, 0.2) is 53.1 Å². The number of benzene rings is 2. The third-order valence-corrected chi connectivity index (χ3v) is 6.30. The standard InChI is InChI=1S/C23H23FN6O2.C6H14.2CH2O/c1-13-3-6-16(7-4-13)19-11-27-21(25)20(28-19)23-30-29-22(32-23)17-8-5-15(9-18(17)24)10-26-14(2)12-31;1-5(2)6(3)4;2*1-2/h3-9,11,14,26,31H,10,12H2,1-2H3,(H2,25,27);5-6H,1-4H3;2*1H2/t14-;;;/m1.../s1. The van der Waals surface area contributed by atoms with E-state index in [-0.39, 0.29) is 41.5 Å². The van der Waals surface area contributed by atoms with Gasteiger partial charge in [0.1, 0.15) is 19.4 Å². The van der Waals surface area contributed by atoms with Crippen LogP contribution in [-0.2, 0) is 16.1 Å². The third-order valence-electron chi connectivity index (χ3n) is 6.30. The van der Waals surface area contributed by atoms with E-state index in [9.17, 15) is 4.39 Å². The SMILES string of the molecule is C=O.C=O.CC(C)C(C)C.Cc1ccc(-c2cnc(N)c(-c3nnc(-c4ccc(CN[C@H](C)CO)cc4F)o3)n2)cc1. The van der Waals surface area contributed by atoms with Crippen molar-refractivity contribution in [1.29, 1.82) is 0 Å². The number of nitrogens with two attached hydrogens (primary N) is 1. The number of nitrogens with one attached hydrogen (secondary N) is 1. The van der Waals surface area contributed by atoms with Crippen LogP contribution in [0.5, 0.6) is 0 Å². The number of aliphatic hydroxyl groups excluding tert-OH is 1. The Bertz CT molecular complexity index is 1350. The second-order valence-corrected chi connectivity index (χ2v) is 10.0. The number of carbonyl (C=O) groups excluding carboxylic acids is 2. The van der Waals surface area contributed by atoms with Gasteiger partial charge in [-0.05, 0) is 43.4 Å². The van der Waals surface area contributed by atoms with Crippen molar-refractivity contribution in [2.75, 3.05) is 12.3 Å². The molecule has 4 N–H and O–H groups in total. The van der Waals surface area contributed by atoms with Gasteiger partial charge in [-0.1, -0.05) is 63.6 Å². The molecule has 0 unspecified atom stereocenters. The van der Waals surface area contributed by atoms with E-state index in [1.54, 1.807) is 18.3 Å². The molecule has 10 nitrogen and oxygen atoms in total. The molecule has 1 atom stereocenters. The maximum absolute atomic E-state index is 14.7. The van der Waals surface area contributed by atoms with E-state index in [1.807, 2.05) is 51.7 Å². The van der Waals surface area contributed by atoms with Crippen LogP contribution in [0.25, 0.3) is 34.3 Å². The molecule has 2 heterocycles. The summed E-state index contributed by atoms with van der Waals surface area (Å²) in [5.74, 6) is 1.41. The summed E-state index contributed by atoms with van der Waals surface area (Å²) in [6.45, 7) is 17.2. The van der Waals surface area contributed by atoms with Crippen LogP contribution < -0.4 is 11.1 Å². The lowest BCUT2D eigenvalue weighted by atomic mass is 10.0. The number of rotatable bonds is 8. The normalized spacial score (nSPS) is 11.0. The Morgan fingerprint density at radius 1 is 0.952 bits per heavy atom. The molecule has 226 valence electrons. The van der Waals surface area contributed by atoms with Gasteiger partial charge in [0, 0.05) is 18.2 Å². The molecule has 0 aliphatic rings. The van der Waals surface area contributed by atoms with Crippen LogP contribution in [0.3, 0.4) is 0 Å². The van der Waals surface area contributed by atoms with Crippen molar-refractivity contribution in [3.8, 4) is 34.3 Å². The number of aliphatic hydroxyl groups is 1. The predicted molar refractivity (Wildman–Crippen MR) is 163 cm³/mol. The smallest absolute Gasteiger partial charge is 0.270 e. The highest BCUT2D eigenvalue weighted by Crippen LogP contribution is 2.29. The van der Waals surface area contributed by atoms with Crippen molar-refractivity contribution in [3.63, 3.8) is 0 Å². The molecule has 0 bridgehead atoms. The van der Waals surface area contributed by atoms with Crippen LogP contribution in [0.1, 0.15) is 45.7 Å². The summed E-state index contributed by atoms with van der Waals surface area (Å²) in [7, 11) is 0. The fraction of sp³-hybridized carbons (Fsp3) is 0.355. The highest BCUT2D eigenvalue weighted by Gasteiger charge is 2.19. The van der Waals surface area contributed by atoms with Gasteiger partial charge in [0.2, 0.25) is 0 Å². The average Bonchev–Trinajstić information content (AvgIpc) is 3.48. The number of nitrogens with zero attached hydrogens (tertiary/aromatic N) is 4. The van der Waals surface area contributed by atoms with E-state index < -0.39 is 5.82 Å². The quantitative estimate of drug-likeness (QED) is 0.250. The number of hydrogen-bond acceptors (Lipinski definition) is 10. The zero-order chi connectivity index (χ0) is 31.8.